The summed E-state index contributed by atoms with van der Waals surface area (Å²) in [7, 11) is 0. The number of carbonyl (C=O) groups is 3. The standard InChI is InChI=1S/C19H21FN2O3/c20-15-8-4-7-14-17(15)19(25)22(18(14)24)12-10-16(23)21-11-9-13-5-2-1-3-6-13/h4-5,7-8H,1-3,6,9-12H2,(H,21,23). The minimum absolute atomic E-state index is 0.0200. The number of fused-ring (bicyclic) bond motifs is 1. The number of carbonyl (C=O) groups excluding carboxylic acids is 3. The molecule has 0 aromatic heterocycles. The maximum Gasteiger partial charge on any atom is 0.264 e. The third-order valence-corrected chi connectivity index (χ3v) is 4.66. The molecule has 25 heavy (non-hydrogen) atoms. The van der Waals surface area contributed by atoms with Crippen molar-refractivity contribution in [3.05, 3.63) is 46.8 Å². The molecule has 3 amide bonds. The number of amides is 3. The van der Waals surface area contributed by atoms with E-state index in [0.29, 0.717) is 6.54 Å². The lowest BCUT2D eigenvalue weighted by Gasteiger charge is -2.15. The Kier molecular flexibility index (Phi) is 5.26. The lowest BCUT2D eigenvalue weighted by molar-refractivity contribution is -0.121. The maximum atomic E-state index is 13.7. The minimum atomic E-state index is -0.705. The second-order valence-corrected chi connectivity index (χ2v) is 6.38. The van der Waals surface area contributed by atoms with Crippen molar-refractivity contribution in [2.45, 2.75) is 38.5 Å². The molecule has 0 saturated heterocycles. The Balaban J connectivity index is 1.48. The summed E-state index contributed by atoms with van der Waals surface area (Å²) < 4.78 is 13.7. The van der Waals surface area contributed by atoms with Gasteiger partial charge in [0.15, 0.2) is 0 Å². The van der Waals surface area contributed by atoms with Gasteiger partial charge in [-0.15, -0.1) is 0 Å². The highest BCUT2D eigenvalue weighted by molar-refractivity contribution is 6.21. The highest BCUT2D eigenvalue weighted by Gasteiger charge is 2.37. The van der Waals surface area contributed by atoms with Crippen molar-refractivity contribution >= 4 is 17.7 Å². The zero-order valence-corrected chi connectivity index (χ0v) is 14.0. The van der Waals surface area contributed by atoms with Gasteiger partial charge in [0.05, 0.1) is 11.1 Å². The van der Waals surface area contributed by atoms with E-state index < -0.39 is 17.6 Å². The lowest BCUT2D eigenvalue weighted by atomic mass is 9.97. The molecule has 0 unspecified atom stereocenters. The van der Waals surface area contributed by atoms with Crippen LogP contribution in [0.5, 0.6) is 0 Å². The second-order valence-electron chi connectivity index (χ2n) is 6.38. The molecule has 3 rings (SSSR count). The van der Waals surface area contributed by atoms with Gasteiger partial charge in [0.25, 0.3) is 11.8 Å². The molecular weight excluding hydrogens is 323 g/mol. The normalized spacial score (nSPS) is 16.7. The van der Waals surface area contributed by atoms with Gasteiger partial charge in [-0.3, -0.25) is 19.3 Å². The molecular formula is C19H21FN2O3. The predicted octanol–water partition coefficient (Wildman–Crippen LogP) is 2.82. The van der Waals surface area contributed by atoms with Gasteiger partial charge in [-0.1, -0.05) is 17.7 Å². The summed E-state index contributed by atoms with van der Waals surface area (Å²) in [5, 5.41) is 2.81. The summed E-state index contributed by atoms with van der Waals surface area (Å²) >= 11 is 0. The van der Waals surface area contributed by atoms with Crippen molar-refractivity contribution in [1.29, 1.82) is 0 Å². The number of nitrogens with one attached hydrogen (secondary N) is 1. The Morgan fingerprint density at radius 2 is 2.04 bits per heavy atom. The van der Waals surface area contributed by atoms with E-state index in [2.05, 4.69) is 11.4 Å². The van der Waals surface area contributed by atoms with Crippen LogP contribution in [0.25, 0.3) is 0 Å². The predicted molar refractivity (Wildman–Crippen MR) is 90.6 cm³/mol. The summed E-state index contributed by atoms with van der Waals surface area (Å²) in [6.07, 6.45) is 7.74. The van der Waals surface area contributed by atoms with Crippen LogP contribution in [-0.4, -0.2) is 35.7 Å². The van der Waals surface area contributed by atoms with Gasteiger partial charge in [-0.25, -0.2) is 4.39 Å². The molecule has 0 radical (unpaired) electrons. The lowest BCUT2D eigenvalue weighted by Crippen LogP contribution is -2.35. The van der Waals surface area contributed by atoms with Crippen molar-refractivity contribution in [3.8, 4) is 0 Å². The van der Waals surface area contributed by atoms with E-state index in [0.717, 1.165) is 30.2 Å². The van der Waals surface area contributed by atoms with E-state index in [1.807, 2.05) is 0 Å². The molecule has 0 saturated carbocycles. The molecule has 1 aromatic carbocycles. The molecule has 1 aliphatic heterocycles. The molecule has 0 fully saturated rings. The van der Waals surface area contributed by atoms with Gasteiger partial charge in [0.1, 0.15) is 5.82 Å². The number of halogens is 1. The molecule has 0 spiro atoms. The highest BCUT2D eigenvalue weighted by Crippen LogP contribution is 2.25. The van der Waals surface area contributed by atoms with Crippen LogP contribution >= 0.6 is 0 Å². The minimum Gasteiger partial charge on any atom is -0.356 e. The first-order valence-corrected chi connectivity index (χ1v) is 8.67. The van der Waals surface area contributed by atoms with Crippen molar-refractivity contribution in [3.63, 3.8) is 0 Å². The number of rotatable bonds is 6. The van der Waals surface area contributed by atoms with Crippen LogP contribution in [0.2, 0.25) is 0 Å². The van der Waals surface area contributed by atoms with Crippen molar-refractivity contribution in [2.75, 3.05) is 13.1 Å². The van der Waals surface area contributed by atoms with E-state index in [1.54, 1.807) is 0 Å². The van der Waals surface area contributed by atoms with Crippen LogP contribution in [0.3, 0.4) is 0 Å². The molecule has 2 aliphatic rings. The topological polar surface area (TPSA) is 66.5 Å². The molecule has 132 valence electrons. The Bertz CT molecular complexity index is 742. The molecule has 1 N–H and O–H groups in total. The largest absolute Gasteiger partial charge is 0.356 e. The summed E-state index contributed by atoms with van der Waals surface area (Å²) in [6, 6.07) is 3.98. The number of hydrogen-bond acceptors (Lipinski definition) is 3. The van der Waals surface area contributed by atoms with Gasteiger partial charge in [-0.05, 0) is 44.2 Å². The van der Waals surface area contributed by atoms with Gasteiger partial charge < -0.3 is 5.32 Å². The first-order valence-electron chi connectivity index (χ1n) is 8.67. The average molecular weight is 344 g/mol. The third kappa shape index (κ3) is 3.78. The fourth-order valence-corrected chi connectivity index (χ4v) is 3.29. The smallest absolute Gasteiger partial charge is 0.264 e. The molecule has 1 aromatic rings. The van der Waals surface area contributed by atoms with Gasteiger partial charge in [0, 0.05) is 19.5 Å². The van der Waals surface area contributed by atoms with Crippen LogP contribution in [0, 0.1) is 5.82 Å². The first kappa shape index (κ1) is 17.3. The maximum absolute atomic E-state index is 13.7. The molecule has 0 atom stereocenters. The van der Waals surface area contributed by atoms with Crippen molar-refractivity contribution in [2.24, 2.45) is 0 Å². The number of imide groups is 1. The fourth-order valence-electron chi connectivity index (χ4n) is 3.29. The number of allylic oxidation sites excluding steroid dienone is 1. The molecule has 5 nitrogen and oxygen atoms in total. The Hall–Kier alpha value is -2.50. The quantitative estimate of drug-likeness (QED) is 0.637. The summed E-state index contributed by atoms with van der Waals surface area (Å²) in [6.45, 7) is 0.516. The zero-order valence-electron chi connectivity index (χ0n) is 14.0. The monoisotopic (exact) mass is 344 g/mol. The second kappa shape index (κ2) is 7.59. The Morgan fingerprint density at radius 3 is 2.76 bits per heavy atom. The summed E-state index contributed by atoms with van der Waals surface area (Å²) in [5.74, 6) is -2.13. The van der Waals surface area contributed by atoms with E-state index in [-0.39, 0.29) is 30.0 Å². The summed E-state index contributed by atoms with van der Waals surface area (Å²) in [4.78, 5) is 37.3. The Morgan fingerprint density at radius 1 is 1.20 bits per heavy atom. The zero-order chi connectivity index (χ0) is 17.8. The van der Waals surface area contributed by atoms with Crippen LogP contribution < -0.4 is 5.32 Å². The van der Waals surface area contributed by atoms with Crippen LogP contribution in [0.15, 0.2) is 29.8 Å². The fraction of sp³-hybridized carbons (Fsp3) is 0.421. The van der Waals surface area contributed by atoms with Crippen molar-refractivity contribution in [1.82, 2.24) is 10.2 Å². The molecule has 0 bridgehead atoms. The summed E-state index contributed by atoms with van der Waals surface area (Å²) in [5.41, 5.74) is 1.24. The number of nitrogens with zero attached hydrogens (tertiary/aromatic N) is 1. The van der Waals surface area contributed by atoms with E-state index in [9.17, 15) is 18.8 Å². The number of hydrogen-bond donors (Lipinski definition) is 1. The van der Waals surface area contributed by atoms with Gasteiger partial charge >= 0.3 is 0 Å². The van der Waals surface area contributed by atoms with E-state index >= 15 is 0 Å². The number of benzene rings is 1. The average Bonchev–Trinajstić information content (AvgIpc) is 2.86. The first-order chi connectivity index (χ1) is 12.1. The van der Waals surface area contributed by atoms with Crippen LogP contribution in [0.4, 0.5) is 4.39 Å². The van der Waals surface area contributed by atoms with Crippen molar-refractivity contribution < 1.29 is 18.8 Å². The Labute approximate surface area is 145 Å². The molecule has 1 aliphatic carbocycles. The molecule has 6 heteroatoms. The SMILES string of the molecule is O=C(CCN1C(=O)c2cccc(F)c2C1=O)NCCC1=CCCCC1. The van der Waals surface area contributed by atoms with Crippen LogP contribution in [0.1, 0.15) is 59.2 Å². The van der Waals surface area contributed by atoms with E-state index in [4.69, 9.17) is 0 Å². The molecule has 1 heterocycles. The van der Waals surface area contributed by atoms with Gasteiger partial charge in [-0.2, -0.15) is 0 Å². The van der Waals surface area contributed by atoms with Crippen LogP contribution in [-0.2, 0) is 4.79 Å². The van der Waals surface area contributed by atoms with E-state index in [1.165, 1.54) is 30.5 Å². The van der Waals surface area contributed by atoms with Gasteiger partial charge in [0.2, 0.25) is 5.91 Å². The third-order valence-electron chi connectivity index (χ3n) is 4.66. The highest BCUT2D eigenvalue weighted by atomic mass is 19.1.